The summed E-state index contributed by atoms with van der Waals surface area (Å²) in [6.45, 7) is 7.99. The number of dihydropyridines is 1. The lowest BCUT2D eigenvalue weighted by atomic mass is 9.72. The van der Waals surface area contributed by atoms with Crippen LogP contribution >= 0.6 is 0 Å². The van der Waals surface area contributed by atoms with Crippen LogP contribution in [0.5, 0.6) is 0 Å². The van der Waals surface area contributed by atoms with Gasteiger partial charge in [0.25, 0.3) is 5.91 Å². The first kappa shape index (κ1) is 20.1. The van der Waals surface area contributed by atoms with Crippen LogP contribution in [0.4, 0.5) is 5.82 Å². The Hall–Kier alpha value is -3.21. The Morgan fingerprint density at radius 3 is 2.57 bits per heavy atom. The molecule has 0 bridgehead atoms. The van der Waals surface area contributed by atoms with Crippen molar-refractivity contribution < 1.29 is 9.59 Å². The molecule has 2 N–H and O–H groups in total. The summed E-state index contributed by atoms with van der Waals surface area (Å²) in [6, 6.07) is 11.7. The van der Waals surface area contributed by atoms with Gasteiger partial charge in [0.05, 0.1) is 0 Å². The molecule has 0 unspecified atom stereocenters. The summed E-state index contributed by atoms with van der Waals surface area (Å²) in [7, 11) is 0. The van der Waals surface area contributed by atoms with E-state index in [0.717, 1.165) is 40.1 Å². The molecule has 1 aliphatic carbocycles. The number of Topliss-reactive ketones (excluding diaryl/α,β-unsaturated/α-hetero) is 1. The number of aromatic nitrogens is 1. The predicted molar refractivity (Wildman–Crippen MR) is 118 cm³/mol. The number of amides is 1. The molecule has 5 nitrogen and oxygen atoms in total. The zero-order chi connectivity index (χ0) is 21.4. The Balaban J connectivity index is 1.80. The molecule has 2 aromatic rings. The van der Waals surface area contributed by atoms with E-state index in [-0.39, 0.29) is 17.6 Å². The van der Waals surface area contributed by atoms with Crippen LogP contribution in [-0.2, 0) is 9.59 Å². The van der Waals surface area contributed by atoms with Gasteiger partial charge in [-0.05, 0) is 55.9 Å². The van der Waals surface area contributed by atoms with Crippen molar-refractivity contribution in [3.05, 3.63) is 81.8 Å². The highest BCUT2D eigenvalue weighted by Gasteiger charge is 2.40. The molecule has 2 heterocycles. The van der Waals surface area contributed by atoms with Gasteiger partial charge in [-0.3, -0.25) is 9.59 Å². The molecule has 1 amide bonds. The van der Waals surface area contributed by atoms with E-state index in [0.29, 0.717) is 23.7 Å². The molecule has 0 fully saturated rings. The SMILES string of the molecule is CC1=C(C(=O)Nc2ccc(C)cn2)[C@@H](c2ccccc2C)C2=C(C[C@H](C)CC2=O)N1. The van der Waals surface area contributed by atoms with E-state index in [1.165, 1.54) is 0 Å². The maximum absolute atomic E-state index is 13.4. The number of hydrogen-bond donors (Lipinski definition) is 2. The summed E-state index contributed by atoms with van der Waals surface area (Å²) in [4.78, 5) is 30.9. The largest absolute Gasteiger partial charge is 0.362 e. The first-order chi connectivity index (χ1) is 14.3. The molecule has 30 heavy (non-hydrogen) atoms. The van der Waals surface area contributed by atoms with Crippen molar-refractivity contribution in [1.29, 1.82) is 0 Å². The molecule has 1 aromatic heterocycles. The molecule has 154 valence electrons. The van der Waals surface area contributed by atoms with Gasteiger partial charge in [0.1, 0.15) is 5.82 Å². The molecular weight excluding hydrogens is 374 g/mol. The Labute approximate surface area is 177 Å². The fraction of sp³-hybridized carbons (Fsp3) is 0.320. The lowest BCUT2D eigenvalue weighted by Gasteiger charge is -2.36. The van der Waals surface area contributed by atoms with Crippen molar-refractivity contribution >= 4 is 17.5 Å². The molecular formula is C25H27N3O2. The first-order valence-corrected chi connectivity index (χ1v) is 10.4. The highest BCUT2D eigenvalue weighted by molar-refractivity contribution is 6.09. The highest BCUT2D eigenvalue weighted by atomic mass is 16.2. The lowest BCUT2D eigenvalue weighted by molar-refractivity contribution is -0.117. The number of aryl methyl sites for hydroxylation is 2. The average Bonchev–Trinajstić information content (AvgIpc) is 2.68. The molecule has 0 radical (unpaired) electrons. The number of carbonyl (C=O) groups excluding carboxylic acids is 2. The molecule has 2 aliphatic rings. The van der Waals surface area contributed by atoms with E-state index in [1.54, 1.807) is 12.3 Å². The fourth-order valence-corrected chi connectivity index (χ4v) is 4.48. The van der Waals surface area contributed by atoms with E-state index < -0.39 is 0 Å². The zero-order valence-electron chi connectivity index (χ0n) is 17.9. The van der Waals surface area contributed by atoms with E-state index in [9.17, 15) is 9.59 Å². The quantitative estimate of drug-likeness (QED) is 0.791. The standard InChI is InChI=1S/C25H27N3O2/c1-14-9-10-21(26-13-14)28-25(30)22-17(4)27-19-11-15(2)12-20(29)24(19)23(22)18-8-6-5-7-16(18)3/h5-10,13,15,23,27H,11-12H2,1-4H3,(H,26,28,30)/t15-,23+/m0/s1. The minimum absolute atomic E-state index is 0.121. The van der Waals surface area contributed by atoms with Gasteiger partial charge in [-0.2, -0.15) is 0 Å². The second-order valence-corrected chi connectivity index (χ2v) is 8.46. The van der Waals surface area contributed by atoms with Gasteiger partial charge in [-0.15, -0.1) is 0 Å². The third-order valence-corrected chi connectivity index (χ3v) is 5.93. The first-order valence-electron chi connectivity index (χ1n) is 10.4. The number of allylic oxidation sites excluding steroid dienone is 3. The number of anilines is 1. The van der Waals surface area contributed by atoms with E-state index in [4.69, 9.17) is 0 Å². The van der Waals surface area contributed by atoms with Gasteiger partial charge in [-0.25, -0.2) is 4.98 Å². The molecule has 0 spiro atoms. The summed E-state index contributed by atoms with van der Waals surface area (Å²) >= 11 is 0. The molecule has 2 atom stereocenters. The van der Waals surface area contributed by atoms with Crippen LogP contribution in [0.15, 0.2) is 65.1 Å². The zero-order valence-corrected chi connectivity index (χ0v) is 17.9. The summed E-state index contributed by atoms with van der Waals surface area (Å²) in [5.41, 5.74) is 6.13. The highest BCUT2D eigenvalue weighted by Crippen LogP contribution is 2.44. The normalized spacial score (nSPS) is 21.3. The smallest absolute Gasteiger partial charge is 0.255 e. The van der Waals surface area contributed by atoms with Crippen molar-refractivity contribution in [2.45, 2.75) is 46.5 Å². The fourth-order valence-electron chi connectivity index (χ4n) is 4.48. The van der Waals surface area contributed by atoms with Crippen LogP contribution in [-0.4, -0.2) is 16.7 Å². The number of rotatable bonds is 3. The predicted octanol–water partition coefficient (Wildman–Crippen LogP) is 4.55. The maximum atomic E-state index is 13.4. The van der Waals surface area contributed by atoms with Crippen molar-refractivity contribution in [3.63, 3.8) is 0 Å². The molecule has 0 saturated heterocycles. The second-order valence-electron chi connectivity index (χ2n) is 8.46. The third-order valence-electron chi connectivity index (χ3n) is 5.93. The van der Waals surface area contributed by atoms with E-state index in [2.05, 4.69) is 22.5 Å². The second kappa shape index (κ2) is 7.90. The minimum atomic E-state index is -0.382. The van der Waals surface area contributed by atoms with Gasteiger partial charge in [-0.1, -0.05) is 37.3 Å². The molecule has 4 rings (SSSR count). The van der Waals surface area contributed by atoms with Crippen LogP contribution < -0.4 is 10.6 Å². The summed E-state index contributed by atoms with van der Waals surface area (Å²) < 4.78 is 0. The van der Waals surface area contributed by atoms with Crippen LogP contribution in [0, 0.1) is 19.8 Å². The molecule has 5 heteroatoms. The summed E-state index contributed by atoms with van der Waals surface area (Å²) in [6.07, 6.45) is 3.05. The van der Waals surface area contributed by atoms with Crippen LogP contribution in [0.25, 0.3) is 0 Å². The van der Waals surface area contributed by atoms with E-state index in [1.807, 2.05) is 51.1 Å². The van der Waals surface area contributed by atoms with E-state index >= 15 is 0 Å². The van der Waals surface area contributed by atoms with Gasteiger partial charge in [0.2, 0.25) is 0 Å². The van der Waals surface area contributed by atoms with Crippen LogP contribution in [0.2, 0.25) is 0 Å². The molecule has 1 aromatic carbocycles. The number of benzene rings is 1. The molecule has 0 saturated carbocycles. The minimum Gasteiger partial charge on any atom is -0.362 e. The Kier molecular flexibility index (Phi) is 5.29. The van der Waals surface area contributed by atoms with Crippen molar-refractivity contribution in [2.75, 3.05) is 5.32 Å². The van der Waals surface area contributed by atoms with Gasteiger partial charge < -0.3 is 10.6 Å². The third kappa shape index (κ3) is 3.67. The van der Waals surface area contributed by atoms with Gasteiger partial charge >= 0.3 is 0 Å². The lowest BCUT2D eigenvalue weighted by Crippen LogP contribution is -2.37. The number of carbonyl (C=O) groups is 2. The molecule has 1 aliphatic heterocycles. The number of ketones is 1. The van der Waals surface area contributed by atoms with Crippen LogP contribution in [0.3, 0.4) is 0 Å². The van der Waals surface area contributed by atoms with Crippen LogP contribution in [0.1, 0.15) is 49.3 Å². The Morgan fingerprint density at radius 1 is 1.10 bits per heavy atom. The number of nitrogens with zero attached hydrogens (tertiary/aromatic N) is 1. The Bertz CT molecular complexity index is 1080. The van der Waals surface area contributed by atoms with Crippen molar-refractivity contribution in [3.8, 4) is 0 Å². The topological polar surface area (TPSA) is 71.1 Å². The van der Waals surface area contributed by atoms with Gasteiger partial charge in [0.15, 0.2) is 5.78 Å². The van der Waals surface area contributed by atoms with Crippen molar-refractivity contribution in [2.24, 2.45) is 5.92 Å². The summed E-state index contributed by atoms with van der Waals surface area (Å²) in [5, 5.41) is 6.31. The Morgan fingerprint density at radius 2 is 1.87 bits per heavy atom. The maximum Gasteiger partial charge on any atom is 0.255 e. The summed E-state index contributed by atoms with van der Waals surface area (Å²) in [5.74, 6) is 0.297. The number of pyridine rings is 1. The number of nitrogens with one attached hydrogen (secondary N) is 2. The number of hydrogen-bond acceptors (Lipinski definition) is 4. The van der Waals surface area contributed by atoms with Crippen molar-refractivity contribution in [1.82, 2.24) is 10.3 Å². The van der Waals surface area contributed by atoms with Gasteiger partial charge in [0, 0.05) is 41.1 Å². The monoisotopic (exact) mass is 401 g/mol. The average molecular weight is 402 g/mol.